The summed E-state index contributed by atoms with van der Waals surface area (Å²) >= 11 is 0. The van der Waals surface area contributed by atoms with Crippen molar-refractivity contribution in [2.45, 2.75) is 20.3 Å². The Morgan fingerprint density at radius 2 is 1.62 bits per heavy atom. The minimum Gasteiger partial charge on any atom is -0.385 e. The van der Waals surface area contributed by atoms with Crippen LogP contribution in [0.25, 0.3) is 0 Å². The van der Waals surface area contributed by atoms with E-state index in [1.807, 2.05) is 24.3 Å². The van der Waals surface area contributed by atoms with Crippen molar-refractivity contribution in [3.05, 3.63) is 53.8 Å². The van der Waals surface area contributed by atoms with E-state index in [4.69, 9.17) is 0 Å². The topological polar surface area (TPSA) is 44.4 Å². The summed E-state index contributed by atoms with van der Waals surface area (Å²) in [6.07, 6.45) is 0.0518. The van der Waals surface area contributed by atoms with E-state index in [1.54, 1.807) is 0 Å². The van der Waals surface area contributed by atoms with Crippen LogP contribution in [-0.2, 0) is 4.79 Å². The summed E-state index contributed by atoms with van der Waals surface area (Å²) in [7, 11) is 0. The SMILES string of the molecule is CCN(CC)c1ccc(NCCC(=O)Nc2ccc(F)c(F)c2F)cc1. The lowest BCUT2D eigenvalue weighted by Crippen LogP contribution is -2.21. The Hall–Kier alpha value is -2.70. The Morgan fingerprint density at radius 3 is 2.23 bits per heavy atom. The van der Waals surface area contributed by atoms with E-state index in [2.05, 4.69) is 29.4 Å². The summed E-state index contributed by atoms with van der Waals surface area (Å²) in [5, 5.41) is 5.33. The zero-order valence-corrected chi connectivity index (χ0v) is 14.8. The maximum absolute atomic E-state index is 13.5. The number of hydrogen-bond donors (Lipinski definition) is 2. The molecule has 0 bridgehead atoms. The molecule has 2 rings (SSSR count). The Labute approximate surface area is 151 Å². The molecule has 0 spiro atoms. The van der Waals surface area contributed by atoms with Gasteiger partial charge < -0.3 is 15.5 Å². The lowest BCUT2D eigenvalue weighted by atomic mass is 10.2. The van der Waals surface area contributed by atoms with E-state index in [9.17, 15) is 18.0 Å². The summed E-state index contributed by atoms with van der Waals surface area (Å²) < 4.78 is 39.5. The number of nitrogens with zero attached hydrogens (tertiary/aromatic N) is 1. The Balaban J connectivity index is 1.84. The van der Waals surface area contributed by atoms with Crippen LogP contribution in [-0.4, -0.2) is 25.5 Å². The van der Waals surface area contributed by atoms with Gasteiger partial charge in [0, 0.05) is 37.4 Å². The first-order chi connectivity index (χ1) is 12.5. The smallest absolute Gasteiger partial charge is 0.226 e. The van der Waals surface area contributed by atoms with E-state index < -0.39 is 23.4 Å². The zero-order valence-electron chi connectivity index (χ0n) is 14.8. The van der Waals surface area contributed by atoms with Crippen LogP contribution in [0.5, 0.6) is 0 Å². The molecule has 1 amide bonds. The van der Waals surface area contributed by atoms with Crippen LogP contribution in [0.4, 0.5) is 30.2 Å². The molecule has 0 fully saturated rings. The lowest BCUT2D eigenvalue weighted by Gasteiger charge is -2.21. The molecule has 0 atom stereocenters. The second kappa shape index (κ2) is 9.12. The molecule has 2 N–H and O–H groups in total. The van der Waals surface area contributed by atoms with E-state index >= 15 is 0 Å². The average Bonchev–Trinajstić information content (AvgIpc) is 2.64. The largest absolute Gasteiger partial charge is 0.385 e. The van der Waals surface area contributed by atoms with Crippen LogP contribution in [0.1, 0.15) is 20.3 Å². The minimum atomic E-state index is -1.60. The zero-order chi connectivity index (χ0) is 19.1. The molecule has 0 aliphatic rings. The normalized spacial score (nSPS) is 10.5. The van der Waals surface area contributed by atoms with Gasteiger partial charge in [-0.3, -0.25) is 4.79 Å². The third kappa shape index (κ3) is 4.91. The summed E-state index contributed by atoms with van der Waals surface area (Å²) in [6.45, 7) is 6.34. The molecule has 140 valence electrons. The molecular weight excluding hydrogens is 343 g/mol. The summed E-state index contributed by atoms with van der Waals surface area (Å²) in [5.74, 6) is -4.80. The number of hydrogen-bond acceptors (Lipinski definition) is 3. The van der Waals surface area contributed by atoms with Crippen molar-refractivity contribution in [2.75, 3.05) is 35.2 Å². The fourth-order valence-electron chi connectivity index (χ4n) is 2.53. The van der Waals surface area contributed by atoms with Crippen molar-refractivity contribution < 1.29 is 18.0 Å². The molecule has 0 aromatic heterocycles. The van der Waals surface area contributed by atoms with Gasteiger partial charge in [-0.2, -0.15) is 0 Å². The molecule has 2 aromatic rings. The molecule has 26 heavy (non-hydrogen) atoms. The van der Waals surface area contributed by atoms with Crippen LogP contribution in [0.3, 0.4) is 0 Å². The Kier molecular flexibility index (Phi) is 6.89. The van der Waals surface area contributed by atoms with Gasteiger partial charge in [0.1, 0.15) is 0 Å². The van der Waals surface area contributed by atoms with Gasteiger partial charge in [0.15, 0.2) is 17.5 Å². The Bertz CT molecular complexity index is 746. The third-order valence-corrected chi connectivity index (χ3v) is 3.99. The van der Waals surface area contributed by atoms with E-state index in [-0.39, 0.29) is 12.1 Å². The molecule has 4 nitrogen and oxygen atoms in total. The highest BCUT2D eigenvalue weighted by Gasteiger charge is 2.15. The van der Waals surface area contributed by atoms with Gasteiger partial charge >= 0.3 is 0 Å². The number of halogens is 3. The summed E-state index contributed by atoms with van der Waals surface area (Å²) in [5.41, 5.74) is 1.59. The maximum atomic E-state index is 13.5. The van der Waals surface area contributed by atoms with Gasteiger partial charge in [-0.05, 0) is 50.2 Å². The van der Waals surface area contributed by atoms with Gasteiger partial charge in [0.2, 0.25) is 5.91 Å². The van der Waals surface area contributed by atoms with Gasteiger partial charge in [-0.25, -0.2) is 13.2 Å². The van der Waals surface area contributed by atoms with Gasteiger partial charge in [0.25, 0.3) is 0 Å². The fourth-order valence-corrected chi connectivity index (χ4v) is 2.53. The number of carbonyl (C=O) groups is 1. The molecule has 0 saturated carbocycles. The van der Waals surface area contributed by atoms with Crippen LogP contribution in [0, 0.1) is 17.5 Å². The highest BCUT2D eigenvalue weighted by atomic mass is 19.2. The van der Waals surface area contributed by atoms with Crippen molar-refractivity contribution in [1.29, 1.82) is 0 Å². The van der Waals surface area contributed by atoms with E-state index in [1.165, 1.54) is 0 Å². The lowest BCUT2D eigenvalue weighted by molar-refractivity contribution is -0.116. The summed E-state index contributed by atoms with van der Waals surface area (Å²) in [4.78, 5) is 14.0. The highest BCUT2D eigenvalue weighted by molar-refractivity contribution is 5.91. The number of carbonyl (C=O) groups excluding carboxylic acids is 1. The third-order valence-electron chi connectivity index (χ3n) is 3.99. The van der Waals surface area contributed by atoms with Crippen molar-refractivity contribution >= 4 is 23.0 Å². The first-order valence-electron chi connectivity index (χ1n) is 8.48. The predicted octanol–water partition coefficient (Wildman–Crippen LogP) is 4.39. The molecule has 0 aliphatic heterocycles. The molecule has 0 unspecified atom stereocenters. The Morgan fingerprint density at radius 1 is 0.962 bits per heavy atom. The molecule has 0 aliphatic carbocycles. The van der Waals surface area contributed by atoms with Crippen LogP contribution in [0.2, 0.25) is 0 Å². The van der Waals surface area contributed by atoms with Gasteiger partial charge in [-0.1, -0.05) is 0 Å². The number of nitrogens with one attached hydrogen (secondary N) is 2. The minimum absolute atomic E-state index is 0.0518. The quantitative estimate of drug-likeness (QED) is 0.682. The van der Waals surface area contributed by atoms with Crippen molar-refractivity contribution in [1.82, 2.24) is 0 Å². The molecule has 0 heterocycles. The van der Waals surface area contributed by atoms with E-state index in [0.29, 0.717) is 6.54 Å². The first kappa shape index (κ1) is 19.6. The highest BCUT2D eigenvalue weighted by Crippen LogP contribution is 2.20. The second-order valence-electron chi connectivity index (χ2n) is 5.67. The average molecular weight is 365 g/mol. The van der Waals surface area contributed by atoms with E-state index in [0.717, 1.165) is 36.6 Å². The van der Waals surface area contributed by atoms with Crippen molar-refractivity contribution in [3.63, 3.8) is 0 Å². The molecule has 2 aromatic carbocycles. The van der Waals surface area contributed by atoms with Gasteiger partial charge in [0.05, 0.1) is 5.69 Å². The van der Waals surface area contributed by atoms with Gasteiger partial charge in [-0.15, -0.1) is 0 Å². The van der Waals surface area contributed by atoms with Crippen molar-refractivity contribution in [3.8, 4) is 0 Å². The molecular formula is C19H22F3N3O. The van der Waals surface area contributed by atoms with Crippen molar-refractivity contribution in [2.24, 2.45) is 0 Å². The number of rotatable bonds is 8. The molecule has 7 heteroatoms. The molecule has 0 radical (unpaired) electrons. The maximum Gasteiger partial charge on any atom is 0.226 e. The first-order valence-corrected chi connectivity index (χ1v) is 8.48. The number of amides is 1. The molecule has 0 saturated heterocycles. The number of anilines is 3. The monoisotopic (exact) mass is 365 g/mol. The second-order valence-corrected chi connectivity index (χ2v) is 5.67. The van der Waals surface area contributed by atoms with Crippen LogP contribution >= 0.6 is 0 Å². The summed E-state index contributed by atoms with van der Waals surface area (Å²) in [6, 6.07) is 9.58. The standard InChI is InChI=1S/C19H22F3N3O/c1-3-25(4-2)14-7-5-13(6-8-14)23-12-11-17(26)24-16-10-9-15(20)18(21)19(16)22/h5-10,23H,3-4,11-12H2,1-2H3,(H,24,26). The number of benzene rings is 2. The van der Waals surface area contributed by atoms with Crippen LogP contribution in [0.15, 0.2) is 36.4 Å². The predicted molar refractivity (Wildman–Crippen MR) is 98.1 cm³/mol. The van der Waals surface area contributed by atoms with Crippen LogP contribution < -0.4 is 15.5 Å². The fraction of sp³-hybridized carbons (Fsp3) is 0.316.